The third-order valence-electron chi connectivity index (χ3n) is 4.96. The molecule has 0 amide bonds. The van der Waals surface area contributed by atoms with Gasteiger partial charge in [0.2, 0.25) is 0 Å². The maximum Gasteiger partial charge on any atom is 0.335 e. The largest absolute Gasteiger partial charge is 0.478 e. The molecule has 0 aliphatic heterocycles. The van der Waals surface area contributed by atoms with E-state index in [1.165, 1.54) is 82.0 Å². The van der Waals surface area contributed by atoms with E-state index in [2.05, 4.69) is 38.3 Å². The number of hydrogen-bond donors (Lipinski definition) is 3. The highest BCUT2D eigenvalue weighted by Gasteiger charge is 2.24. The predicted molar refractivity (Wildman–Crippen MR) is 143 cm³/mol. The van der Waals surface area contributed by atoms with Crippen LogP contribution in [0.1, 0.15) is 89.4 Å². The minimum Gasteiger partial charge on any atom is -0.478 e. The van der Waals surface area contributed by atoms with Crippen LogP contribution in [-0.2, 0) is 0 Å². The second kappa shape index (κ2) is 27.6. The molecule has 0 atom stereocenters. The molecule has 0 saturated carbocycles. The number of nitrogens with zero attached hydrogens (tertiary/aromatic N) is 1. The highest BCUT2D eigenvalue weighted by molar-refractivity contribution is 5.87. The van der Waals surface area contributed by atoms with E-state index in [4.69, 9.17) is 5.11 Å². The van der Waals surface area contributed by atoms with Gasteiger partial charge < -0.3 is 20.2 Å². The van der Waals surface area contributed by atoms with Crippen LogP contribution in [0.5, 0.6) is 0 Å². The number of aromatic carboxylic acids is 1. The monoisotopic (exact) mass is 454 g/mol. The Bertz CT molecular complexity index is 442. The van der Waals surface area contributed by atoms with E-state index in [0.717, 1.165) is 0 Å². The van der Waals surface area contributed by atoms with Crippen molar-refractivity contribution in [2.45, 2.75) is 79.1 Å². The molecule has 0 fully saturated rings. The van der Waals surface area contributed by atoms with Gasteiger partial charge in [-0.25, -0.2) is 4.79 Å². The minimum atomic E-state index is -0.879. The zero-order valence-corrected chi connectivity index (χ0v) is 22.7. The number of quaternary nitrogens is 1. The van der Waals surface area contributed by atoms with Crippen molar-refractivity contribution in [1.29, 1.82) is 0 Å². The van der Waals surface area contributed by atoms with Crippen molar-refractivity contribution in [1.82, 2.24) is 10.6 Å². The van der Waals surface area contributed by atoms with Crippen LogP contribution >= 0.6 is 0 Å². The second-order valence-corrected chi connectivity index (χ2v) is 8.32. The van der Waals surface area contributed by atoms with Gasteiger partial charge in [0.15, 0.2) is 0 Å². The van der Waals surface area contributed by atoms with Crippen molar-refractivity contribution >= 4 is 5.97 Å². The van der Waals surface area contributed by atoms with E-state index < -0.39 is 5.97 Å². The van der Waals surface area contributed by atoms with E-state index in [-0.39, 0.29) is 0 Å². The van der Waals surface area contributed by atoms with Crippen LogP contribution in [0.15, 0.2) is 30.3 Å². The molecule has 0 heterocycles. The van der Waals surface area contributed by atoms with Gasteiger partial charge in [-0.1, -0.05) is 71.6 Å². The Labute approximate surface area is 200 Å². The molecule has 5 nitrogen and oxygen atoms in total. The fraction of sp³-hybridized carbons (Fsp3) is 0.741. The van der Waals surface area contributed by atoms with Crippen molar-refractivity contribution < 1.29 is 14.4 Å². The van der Waals surface area contributed by atoms with Gasteiger partial charge in [-0.15, -0.1) is 0 Å². The summed E-state index contributed by atoms with van der Waals surface area (Å²) in [5.41, 5.74) is 0.331. The summed E-state index contributed by atoms with van der Waals surface area (Å²) in [7, 11) is 7.50. The smallest absolute Gasteiger partial charge is 0.335 e. The molecular weight excluding hydrogens is 398 g/mol. The van der Waals surface area contributed by atoms with Crippen molar-refractivity contribution in [3.63, 3.8) is 0 Å². The molecule has 1 rings (SSSR count). The van der Waals surface area contributed by atoms with Crippen LogP contribution in [0, 0.1) is 0 Å². The number of carboxylic acid groups (broad SMARTS) is 1. The van der Waals surface area contributed by atoms with E-state index in [9.17, 15) is 4.79 Å². The van der Waals surface area contributed by atoms with Crippen molar-refractivity contribution in [3.8, 4) is 0 Å². The zero-order valence-electron chi connectivity index (χ0n) is 22.7. The lowest BCUT2D eigenvalue weighted by atomic mass is 10.1. The van der Waals surface area contributed by atoms with Gasteiger partial charge in [-0.05, 0) is 66.0 Å². The molecule has 3 N–H and O–H groups in total. The summed E-state index contributed by atoms with van der Waals surface area (Å²) in [6, 6.07) is 8.30. The average Bonchev–Trinajstić information content (AvgIpc) is 2.80. The standard InChI is InChI=1S/C16H36N.C7H6O2.2C2H7N/c1-5-9-13-17(14-10-6-2,15-11-7-3)16-12-8-4;8-7(9)6-4-2-1-3-5-6;2*1-3-2/h5-16H2,1-4H3;1-5H,(H,8,9);2*3H,1-2H3/q+1;;;. The number of carboxylic acids is 1. The maximum atomic E-state index is 10.2. The summed E-state index contributed by atoms with van der Waals surface area (Å²) in [6.07, 6.45) is 11.1. The Morgan fingerprint density at radius 3 is 1.16 bits per heavy atom. The van der Waals surface area contributed by atoms with E-state index in [1.807, 2.05) is 28.2 Å². The Morgan fingerprint density at radius 2 is 0.969 bits per heavy atom. The first-order chi connectivity index (χ1) is 15.4. The molecule has 32 heavy (non-hydrogen) atoms. The Kier molecular flexibility index (Phi) is 30.3. The van der Waals surface area contributed by atoms with Crippen LogP contribution in [-0.4, -0.2) is 69.9 Å². The van der Waals surface area contributed by atoms with E-state index >= 15 is 0 Å². The molecule has 190 valence electrons. The first-order valence-corrected chi connectivity index (χ1v) is 12.7. The highest BCUT2D eigenvalue weighted by atomic mass is 16.4. The normalized spacial score (nSPS) is 10.0. The number of unbranched alkanes of at least 4 members (excludes halogenated alkanes) is 4. The van der Waals surface area contributed by atoms with Crippen molar-refractivity contribution in [2.24, 2.45) is 0 Å². The Morgan fingerprint density at radius 1 is 0.688 bits per heavy atom. The van der Waals surface area contributed by atoms with Gasteiger partial charge in [0.05, 0.1) is 31.7 Å². The van der Waals surface area contributed by atoms with Gasteiger partial charge in [0.1, 0.15) is 0 Å². The summed E-state index contributed by atoms with van der Waals surface area (Å²) < 4.78 is 1.42. The quantitative estimate of drug-likeness (QED) is 0.317. The van der Waals surface area contributed by atoms with Crippen molar-refractivity contribution in [3.05, 3.63) is 35.9 Å². The number of hydrogen-bond acceptors (Lipinski definition) is 3. The Balaban J connectivity index is -0.000000463. The number of nitrogens with one attached hydrogen (secondary N) is 2. The van der Waals surface area contributed by atoms with Crippen LogP contribution in [0.25, 0.3) is 0 Å². The first-order valence-electron chi connectivity index (χ1n) is 12.7. The van der Waals surface area contributed by atoms with Gasteiger partial charge in [0.25, 0.3) is 0 Å². The lowest BCUT2D eigenvalue weighted by Crippen LogP contribution is -2.50. The Hall–Kier alpha value is -1.43. The SMILES string of the molecule is CCCC[N+](CCCC)(CCCC)CCCC.CNC.CNC.O=C(O)c1ccccc1. The fourth-order valence-electron chi connectivity index (χ4n) is 3.23. The molecule has 0 aliphatic carbocycles. The number of benzene rings is 1. The molecule has 0 unspecified atom stereocenters. The first kappa shape index (κ1) is 35.2. The average molecular weight is 455 g/mol. The van der Waals surface area contributed by atoms with Crippen LogP contribution in [0.4, 0.5) is 0 Å². The van der Waals surface area contributed by atoms with Gasteiger partial charge >= 0.3 is 5.97 Å². The summed E-state index contributed by atoms with van der Waals surface area (Å²) in [4.78, 5) is 10.2. The molecule has 0 bridgehead atoms. The van der Waals surface area contributed by atoms with Gasteiger partial charge in [0, 0.05) is 0 Å². The molecule has 1 aromatic rings. The third-order valence-corrected chi connectivity index (χ3v) is 4.96. The van der Waals surface area contributed by atoms with E-state index in [0.29, 0.717) is 5.56 Å². The fourth-order valence-corrected chi connectivity index (χ4v) is 3.23. The lowest BCUT2D eigenvalue weighted by Gasteiger charge is -2.39. The molecular formula is C27H56N3O2+. The molecule has 0 spiro atoms. The molecule has 5 heteroatoms. The van der Waals surface area contributed by atoms with Crippen LogP contribution in [0.2, 0.25) is 0 Å². The van der Waals surface area contributed by atoms with Gasteiger partial charge in [-0.3, -0.25) is 0 Å². The van der Waals surface area contributed by atoms with E-state index in [1.54, 1.807) is 30.3 Å². The molecule has 0 aliphatic rings. The third kappa shape index (κ3) is 23.2. The molecule has 0 radical (unpaired) electrons. The summed E-state index contributed by atoms with van der Waals surface area (Å²) in [5.74, 6) is -0.879. The summed E-state index contributed by atoms with van der Waals surface area (Å²) >= 11 is 0. The number of rotatable bonds is 13. The number of carbonyl (C=O) groups is 1. The molecule has 1 aromatic carbocycles. The van der Waals surface area contributed by atoms with Gasteiger partial charge in [-0.2, -0.15) is 0 Å². The zero-order chi connectivity index (χ0) is 25.1. The lowest BCUT2D eigenvalue weighted by molar-refractivity contribution is -0.929. The predicted octanol–water partition coefficient (Wildman–Crippen LogP) is 6.06. The van der Waals surface area contributed by atoms with Crippen LogP contribution < -0.4 is 10.6 Å². The highest BCUT2D eigenvalue weighted by Crippen LogP contribution is 2.16. The van der Waals surface area contributed by atoms with Crippen LogP contribution in [0.3, 0.4) is 0 Å². The molecule has 0 saturated heterocycles. The topological polar surface area (TPSA) is 61.4 Å². The minimum absolute atomic E-state index is 0.331. The maximum absolute atomic E-state index is 10.2. The summed E-state index contributed by atoms with van der Waals surface area (Å²) in [5, 5.41) is 13.9. The molecule has 0 aromatic heterocycles. The second-order valence-electron chi connectivity index (χ2n) is 8.32. The summed E-state index contributed by atoms with van der Waals surface area (Å²) in [6.45, 7) is 15.0. The van der Waals surface area contributed by atoms with Crippen molar-refractivity contribution in [2.75, 3.05) is 54.4 Å².